The minimum absolute atomic E-state index is 0.590. The average molecular weight is 272 g/mol. The van der Waals surface area contributed by atoms with Crippen molar-refractivity contribution in [2.24, 2.45) is 5.92 Å². The van der Waals surface area contributed by atoms with Crippen LogP contribution in [0.1, 0.15) is 26.3 Å². The Kier molecular flexibility index (Phi) is 4.73. The zero-order chi connectivity index (χ0) is 14.6. The van der Waals surface area contributed by atoms with E-state index in [-0.39, 0.29) is 0 Å². The van der Waals surface area contributed by atoms with Crippen molar-refractivity contribution >= 4 is 10.9 Å². The molecule has 2 aromatic rings. The molecular formula is C17H24N2O. The third-order valence-electron chi connectivity index (χ3n) is 3.37. The van der Waals surface area contributed by atoms with Crippen LogP contribution in [-0.2, 0) is 6.42 Å². The van der Waals surface area contributed by atoms with Crippen molar-refractivity contribution in [3.8, 4) is 0 Å². The van der Waals surface area contributed by atoms with E-state index in [9.17, 15) is 5.11 Å². The molecule has 0 radical (unpaired) electrons. The molecule has 1 atom stereocenters. The van der Waals surface area contributed by atoms with E-state index in [2.05, 4.69) is 30.2 Å². The van der Waals surface area contributed by atoms with Gasteiger partial charge in [-0.2, -0.15) is 0 Å². The largest absolute Gasteiger partial charge is 0.389 e. The number of nitrogens with one attached hydrogen (secondary N) is 1. The van der Waals surface area contributed by atoms with E-state index < -0.39 is 5.60 Å². The van der Waals surface area contributed by atoms with Crippen molar-refractivity contribution in [3.05, 3.63) is 42.1 Å². The average Bonchev–Trinajstić information content (AvgIpc) is 2.38. The normalized spacial score (nSPS) is 14.7. The molecule has 108 valence electrons. The molecule has 0 fully saturated rings. The van der Waals surface area contributed by atoms with E-state index in [4.69, 9.17) is 0 Å². The van der Waals surface area contributed by atoms with Crippen LogP contribution in [-0.4, -0.2) is 28.8 Å². The number of benzene rings is 1. The number of nitrogens with zero attached hydrogens (tertiary/aromatic N) is 1. The minimum Gasteiger partial charge on any atom is -0.389 e. The number of pyridine rings is 1. The quantitative estimate of drug-likeness (QED) is 0.850. The predicted molar refractivity (Wildman–Crippen MR) is 83.8 cm³/mol. The second-order valence-corrected chi connectivity index (χ2v) is 6.19. The number of aromatic nitrogens is 1. The maximum atomic E-state index is 10.6. The summed E-state index contributed by atoms with van der Waals surface area (Å²) in [5.74, 6) is 0.590. The van der Waals surface area contributed by atoms with Crippen LogP contribution >= 0.6 is 0 Å². The highest BCUT2D eigenvalue weighted by molar-refractivity contribution is 5.81. The lowest BCUT2D eigenvalue weighted by Gasteiger charge is -2.25. The molecule has 0 spiro atoms. The molecule has 1 heterocycles. The Bertz CT molecular complexity index is 558. The van der Waals surface area contributed by atoms with Gasteiger partial charge < -0.3 is 10.4 Å². The molecule has 0 amide bonds. The summed E-state index contributed by atoms with van der Waals surface area (Å²) >= 11 is 0. The molecule has 0 aliphatic heterocycles. The fraction of sp³-hybridized carbons (Fsp3) is 0.471. The molecule has 2 N–H and O–H groups in total. The van der Waals surface area contributed by atoms with E-state index in [0.29, 0.717) is 18.9 Å². The summed E-state index contributed by atoms with van der Waals surface area (Å²) in [4.78, 5) is 4.36. The molecular weight excluding hydrogens is 248 g/mol. The zero-order valence-corrected chi connectivity index (χ0v) is 12.6. The fourth-order valence-electron chi connectivity index (χ4n) is 2.41. The summed E-state index contributed by atoms with van der Waals surface area (Å²) in [6, 6.07) is 10.1. The van der Waals surface area contributed by atoms with Crippen LogP contribution in [0.25, 0.3) is 10.9 Å². The molecule has 3 heteroatoms. The Labute approximate surface area is 121 Å². The number of fused-ring (bicyclic) bond motifs is 1. The molecule has 1 aromatic carbocycles. The summed E-state index contributed by atoms with van der Waals surface area (Å²) in [6.45, 7) is 7.74. The maximum absolute atomic E-state index is 10.6. The van der Waals surface area contributed by atoms with Crippen molar-refractivity contribution in [2.75, 3.05) is 13.1 Å². The van der Waals surface area contributed by atoms with E-state index in [1.807, 2.05) is 37.4 Å². The summed E-state index contributed by atoms with van der Waals surface area (Å²) in [6.07, 6.45) is 2.44. The van der Waals surface area contributed by atoms with Gasteiger partial charge in [-0.15, -0.1) is 0 Å². The van der Waals surface area contributed by atoms with Gasteiger partial charge in [0.25, 0.3) is 0 Å². The molecule has 0 aliphatic carbocycles. The van der Waals surface area contributed by atoms with Gasteiger partial charge in [0.2, 0.25) is 0 Å². The van der Waals surface area contributed by atoms with Crippen molar-refractivity contribution < 1.29 is 5.11 Å². The van der Waals surface area contributed by atoms with E-state index in [0.717, 1.165) is 23.0 Å². The molecule has 1 aromatic heterocycles. The van der Waals surface area contributed by atoms with Crippen molar-refractivity contribution in [1.29, 1.82) is 0 Å². The van der Waals surface area contributed by atoms with Crippen LogP contribution in [0.5, 0.6) is 0 Å². The van der Waals surface area contributed by atoms with E-state index in [1.165, 1.54) is 0 Å². The molecule has 0 aliphatic rings. The van der Waals surface area contributed by atoms with Gasteiger partial charge in [-0.05, 0) is 37.1 Å². The Morgan fingerprint density at radius 1 is 1.25 bits per heavy atom. The fourth-order valence-corrected chi connectivity index (χ4v) is 2.41. The first-order valence-corrected chi connectivity index (χ1v) is 7.24. The topological polar surface area (TPSA) is 45.1 Å². The monoisotopic (exact) mass is 272 g/mol. The zero-order valence-electron chi connectivity index (χ0n) is 12.6. The lowest BCUT2D eigenvalue weighted by Crippen LogP contribution is -2.40. The summed E-state index contributed by atoms with van der Waals surface area (Å²) in [5.41, 5.74) is 1.38. The Hall–Kier alpha value is -1.45. The van der Waals surface area contributed by atoms with Crippen LogP contribution in [0, 0.1) is 5.92 Å². The Morgan fingerprint density at radius 2 is 2.00 bits per heavy atom. The third-order valence-corrected chi connectivity index (χ3v) is 3.37. The van der Waals surface area contributed by atoms with Crippen molar-refractivity contribution in [2.45, 2.75) is 32.8 Å². The van der Waals surface area contributed by atoms with Crippen LogP contribution in [0.3, 0.4) is 0 Å². The van der Waals surface area contributed by atoms with Gasteiger partial charge in [0.15, 0.2) is 0 Å². The third kappa shape index (κ3) is 4.02. The van der Waals surface area contributed by atoms with Crippen LogP contribution in [0.15, 0.2) is 36.5 Å². The maximum Gasteiger partial charge on any atom is 0.0783 e. The van der Waals surface area contributed by atoms with Gasteiger partial charge in [0, 0.05) is 24.5 Å². The second-order valence-electron chi connectivity index (χ2n) is 6.19. The van der Waals surface area contributed by atoms with Gasteiger partial charge in [-0.3, -0.25) is 4.98 Å². The number of hydrogen-bond acceptors (Lipinski definition) is 3. The second kappa shape index (κ2) is 6.33. The van der Waals surface area contributed by atoms with E-state index >= 15 is 0 Å². The molecule has 1 unspecified atom stereocenters. The summed E-state index contributed by atoms with van der Waals surface area (Å²) in [5, 5.41) is 15.0. The first-order valence-electron chi connectivity index (χ1n) is 7.24. The number of aliphatic hydroxyl groups is 1. The van der Waals surface area contributed by atoms with Crippen molar-refractivity contribution in [3.63, 3.8) is 0 Å². The molecule has 20 heavy (non-hydrogen) atoms. The molecule has 0 bridgehead atoms. The lowest BCUT2D eigenvalue weighted by molar-refractivity contribution is 0.0599. The SMILES string of the molecule is CC(C)CNCC(C)(O)Cc1ccnc2ccccc12. The number of para-hydroxylation sites is 1. The Morgan fingerprint density at radius 3 is 2.75 bits per heavy atom. The summed E-state index contributed by atoms with van der Waals surface area (Å²) < 4.78 is 0. The molecule has 3 nitrogen and oxygen atoms in total. The first kappa shape index (κ1) is 14.9. The van der Waals surface area contributed by atoms with Gasteiger partial charge >= 0.3 is 0 Å². The van der Waals surface area contributed by atoms with Crippen LogP contribution in [0.2, 0.25) is 0 Å². The predicted octanol–water partition coefficient (Wildman–Crippen LogP) is 2.77. The highest BCUT2D eigenvalue weighted by Crippen LogP contribution is 2.21. The lowest BCUT2D eigenvalue weighted by atomic mass is 9.94. The van der Waals surface area contributed by atoms with Gasteiger partial charge in [0.1, 0.15) is 0 Å². The van der Waals surface area contributed by atoms with Gasteiger partial charge in [0.05, 0.1) is 11.1 Å². The highest BCUT2D eigenvalue weighted by Gasteiger charge is 2.21. The number of rotatable bonds is 6. The van der Waals surface area contributed by atoms with Crippen molar-refractivity contribution in [1.82, 2.24) is 10.3 Å². The van der Waals surface area contributed by atoms with Crippen LogP contribution < -0.4 is 5.32 Å². The molecule has 0 saturated heterocycles. The molecule has 2 rings (SSSR count). The molecule has 0 saturated carbocycles. The first-order chi connectivity index (χ1) is 9.48. The van der Waals surface area contributed by atoms with Gasteiger partial charge in [-0.1, -0.05) is 32.0 Å². The summed E-state index contributed by atoms with van der Waals surface area (Å²) in [7, 11) is 0. The number of hydrogen-bond donors (Lipinski definition) is 2. The van der Waals surface area contributed by atoms with E-state index in [1.54, 1.807) is 0 Å². The van der Waals surface area contributed by atoms with Gasteiger partial charge in [-0.25, -0.2) is 0 Å². The Balaban J connectivity index is 2.10. The minimum atomic E-state index is -0.751. The standard InChI is InChI=1S/C17H24N2O/c1-13(2)11-18-12-17(3,20)10-14-8-9-19-16-7-5-4-6-15(14)16/h4-9,13,18,20H,10-12H2,1-3H3. The van der Waals surface area contributed by atoms with Crippen LogP contribution in [0.4, 0.5) is 0 Å². The smallest absolute Gasteiger partial charge is 0.0783 e. The highest BCUT2D eigenvalue weighted by atomic mass is 16.3.